The van der Waals surface area contributed by atoms with Crippen LogP contribution < -0.4 is 0 Å². The van der Waals surface area contributed by atoms with Crippen LogP contribution in [0.25, 0.3) is 0 Å². The quantitative estimate of drug-likeness (QED) is 0.200. The lowest BCUT2D eigenvalue weighted by molar-refractivity contribution is -0.150. The second kappa shape index (κ2) is 21.9. The molecule has 1 unspecified atom stereocenters. The number of likely N-dealkylation sites (N-methyl/N-ethyl adjacent to an activating group) is 1. The highest BCUT2D eigenvalue weighted by Crippen LogP contribution is 2.45. The minimum absolute atomic E-state index is 0.0539. The highest BCUT2D eigenvalue weighted by Gasteiger charge is 2.29. The molecular formula is C29H54NO6P. The molecule has 0 spiro atoms. The van der Waals surface area contributed by atoms with Gasteiger partial charge in [0.1, 0.15) is 6.10 Å². The van der Waals surface area contributed by atoms with E-state index in [1.54, 1.807) is 0 Å². The number of hydrogen-bond acceptors (Lipinski definition) is 6. The van der Waals surface area contributed by atoms with Crippen LogP contribution in [0.15, 0.2) is 24.3 Å². The summed E-state index contributed by atoms with van der Waals surface area (Å²) in [4.78, 5) is 24.8. The first kappa shape index (κ1) is 34.0. The summed E-state index contributed by atoms with van der Waals surface area (Å²) in [5, 5.41) is 0. The molecule has 8 heteroatoms. The number of rotatable bonds is 7. The Bertz CT molecular complexity index is 683. The number of phosphoric acid groups is 1. The maximum absolute atomic E-state index is 12.6. The molecule has 1 aliphatic heterocycles. The molecule has 7 nitrogen and oxygen atoms in total. The van der Waals surface area contributed by atoms with Crippen LogP contribution in [0.5, 0.6) is 0 Å². The van der Waals surface area contributed by atoms with Gasteiger partial charge in [-0.1, -0.05) is 89.0 Å². The fourth-order valence-electron chi connectivity index (χ4n) is 4.27. The van der Waals surface area contributed by atoms with Crippen LogP contribution in [0.1, 0.15) is 117 Å². The van der Waals surface area contributed by atoms with Gasteiger partial charge >= 0.3 is 13.8 Å². The van der Waals surface area contributed by atoms with Crippen molar-refractivity contribution in [3.8, 4) is 0 Å². The van der Waals surface area contributed by atoms with E-state index in [1.165, 1.54) is 51.4 Å². The zero-order valence-corrected chi connectivity index (χ0v) is 24.7. The second-order valence-electron chi connectivity index (χ2n) is 10.3. The number of ether oxygens (including phenoxy) is 1. The largest absolute Gasteiger partial charge is 0.472 e. The molecule has 0 saturated heterocycles. The monoisotopic (exact) mass is 543 g/mol. The summed E-state index contributed by atoms with van der Waals surface area (Å²) in [6.45, 7) is 5.31. The Morgan fingerprint density at radius 1 is 0.946 bits per heavy atom. The van der Waals surface area contributed by atoms with E-state index in [-0.39, 0.29) is 19.1 Å². The van der Waals surface area contributed by atoms with Crippen molar-refractivity contribution in [2.24, 2.45) is 0 Å². The molecule has 0 amide bonds. The first-order valence-corrected chi connectivity index (χ1v) is 16.2. The summed E-state index contributed by atoms with van der Waals surface area (Å²) in [6.07, 6.45) is 24.0. The van der Waals surface area contributed by atoms with E-state index in [2.05, 4.69) is 24.3 Å². The molecule has 0 saturated carbocycles. The molecular weight excluding hydrogens is 489 g/mol. The molecule has 1 heterocycles. The summed E-state index contributed by atoms with van der Waals surface area (Å²) in [6, 6.07) is 0. The zero-order chi connectivity index (χ0) is 27.2. The first-order valence-electron chi connectivity index (χ1n) is 14.7. The number of esters is 1. The minimum atomic E-state index is -4.26. The average Bonchev–Trinajstić information content (AvgIpc) is 2.84. The second-order valence-corrected chi connectivity index (χ2v) is 11.7. The van der Waals surface area contributed by atoms with Crippen LogP contribution >= 0.6 is 7.82 Å². The van der Waals surface area contributed by atoms with Crippen LogP contribution in [-0.2, 0) is 23.1 Å². The van der Waals surface area contributed by atoms with Gasteiger partial charge in [0.2, 0.25) is 0 Å². The Balaban J connectivity index is 2.64. The van der Waals surface area contributed by atoms with Crippen LogP contribution in [0.2, 0.25) is 0 Å². The van der Waals surface area contributed by atoms with Crippen molar-refractivity contribution < 1.29 is 28.0 Å². The lowest BCUT2D eigenvalue weighted by Gasteiger charge is -2.22. The van der Waals surface area contributed by atoms with Gasteiger partial charge in [-0.05, 0) is 52.6 Å². The number of carbonyl (C=O) groups excluding carboxylic acids is 1. The molecule has 0 bridgehead atoms. The van der Waals surface area contributed by atoms with Crippen LogP contribution in [0, 0.1) is 0 Å². The van der Waals surface area contributed by atoms with Gasteiger partial charge in [0, 0.05) is 13.0 Å². The van der Waals surface area contributed by atoms with Gasteiger partial charge in [0.25, 0.3) is 0 Å². The molecule has 216 valence electrons. The Kier molecular flexibility index (Phi) is 20.2. The van der Waals surface area contributed by atoms with Crippen LogP contribution in [0.4, 0.5) is 0 Å². The molecule has 0 aliphatic carbocycles. The van der Waals surface area contributed by atoms with Crippen LogP contribution in [-0.4, -0.2) is 54.7 Å². The zero-order valence-electron chi connectivity index (χ0n) is 23.8. The SMILES string of the molecule is CCN(C)CCOP(=O)(O)O[C@@H]1CCCCCCCCCCCC/C=C/CC/C=C/C[C@H](C)OC(=O)C1. The van der Waals surface area contributed by atoms with Gasteiger partial charge in [0.05, 0.1) is 19.1 Å². The maximum Gasteiger partial charge on any atom is 0.472 e. The molecule has 1 rings (SSSR count). The van der Waals surface area contributed by atoms with Gasteiger partial charge in [-0.25, -0.2) is 4.57 Å². The molecule has 0 fully saturated rings. The van der Waals surface area contributed by atoms with E-state index in [0.717, 1.165) is 38.6 Å². The van der Waals surface area contributed by atoms with Gasteiger partial charge in [-0.2, -0.15) is 0 Å². The number of carbonyl (C=O) groups is 1. The smallest absolute Gasteiger partial charge is 0.462 e. The summed E-state index contributed by atoms with van der Waals surface area (Å²) in [5.74, 6) is -0.408. The summed E-state index contributed by atoms with van der Waals surface area (Å²) >= 11 is 0. The van der Waals surface area contributed by atoms with Crippen molar-refractivity contribution in [2.45, 2.75) is 129 Å². The third-order valence-corrected chi connectivity index (χ3v) is 7.80. The van der Waals surface area contributed by atoms with E-state index in [9.17, 15) is 14.3 Å². The summed E-state index contributed by atoms with van der Waals surface area (Å²) in [5.41, 5.74) is 0. The highest BCUT2D eigenvalue weighted by molar-refractivity contribution is 7.47. The van der Waals surface area contributed by atoms with Gasteiger partial charge < -0.3 is 14.5 Å². The molecule has 0 radical (unpaired) electrons. The number of nitrogens with zero attached hydrogens (tertiary/aromatic N) is 1. The van der Waals surface area contributed by atoms with E-state index < -0.39 is 19.9 Å². The minimum Gasteiger partial charge on any atom is -0.462 e. The Morgan fingerprint density at radius 3 is 2.16 bits per heavy atom. The standard InChI is InChI=1S/C29H54NO6P/c1-4-30(3)24-25-34-37(32,33)36-28-23-21-19-17-15-13-11-9-7-5-6-8-10-12-14-16-18-20-22-27(2)35-29(31)26-28/h10,12,18,20,27-28H,4-9,11,13-17,19,21-26H2,1-3H3,(H,32,33)/b12-10+,20-18+/t27-,28+/m0/s1. The summed E-state index contributed by atoms with van der Waals surface area (Å²) in [7, 11) is -2.35. The van der Waals surface area contributed by atoms with Gasteiger partial charge in [0.15, 0.2) is 0 Å². The van der Waals surface area contributed by atoms with Crippen LogP contribution in [0.3, 0.4) is 0 Å². The van der Waals surface area contributed by atoms with Crippen molar-refractivity contribution in [2.75, 3.05) is 26.7 Å². The maximum atomic E-state index is 12.6. The predicted molar refractivity (Wildman–Crippen MR) is 152 cm³/mol. The number of phosphoric ester groups is 1. The Hall–Kier alpha value is -0.980. The number of hydrogen-bond donors (Lipinski definition) is 1. The molecule has 37 heavy (non-hydrogen) atoms. The molecule has 0 aromatic carbocycles. The molecule has 1 aliphatic rings. The predicted octanol–water partition coefficient (Wildman–Crippen LogP) is 7.74. The van der Waals surface area contributed by atoms with Gasteiger partial charge in [-0.15, -0.1) is 0 Å². The van der Waals surface area contributed by atoms with Crippen molar-refractivity contribution in [3.63, 3.8) is 0 Å². The third kappa shape index (κ3) is 20.6. The topological polar surface area (TPSA) is 85.3 Å². The fourth-order valence-corrected chi connectivity index (χ4v) is 5.20. The lowest BCUT2D eigenvalue weighted by atomic mass is 10.0. The first-order chi connectivity index (χ1) is 17.8. The average molecular weight is 544 g/mol. The lowest BCUT2D eigenvalue weighted by Crippen LogP contribution is -2.24. The summed E-state index contributed by atoms with van der Waals surface area (Å²) < 4.78 is 28.7. The van der Waals surface area contributed by atoms with Gasteiger partial charge in [-0.3, -0.25) is 13.8 Å². The fraction of sp³-hybridized carbons (Fsp3) is 0.828. The van der Waals surface area contributed by atoms with E-state index in [4.69, 9.17) is 13.8 Å². The molecule has 0 aromatic rings. The van der Waals surface area contributed by atoms with E-state index >= 15 is 0 Å². The Morgan fingerprint density at radius 2 is 1.51 bits per heavy atom. The van der Waals surface area contributed by atoms with E-state index in [0.29, 0.717) is 19.4 Å². The van der Waals surface area contributed by atoms with Crippen molar-refractivity contribution in [1.82, 2.24) is 4.90 Å². The Labute approximate surface area is 226 Å². The normalized spacial score (nSPS) is 26.5. The highest BCUT2D eigenvalue weighted by atomic mass is 31.2. The van der Waals surface area contributed by atoms with E-state index in [1.807, 2.05) is 25.8 Å². The van der Waals surface area contributed by atoms with Crippen molar-refractivity contribution in [3.05, 3.63) is 24.3 Å². The molecule has 0 aromatic heterocycles. The number of allylic oxidation sites excluding steroid dienone is 3. The van der Waals surface area contributed by atoms with Crippen molar-refractivity contribution >= 4 is 13.8 Å². The van der Waals surface area contributed by atoms with Crippen molar-refractivity contribution in [1.29, 1.82) is 0 Å². The number of cyclic esters (lactones) is 1. The molecule has 1 N–H and O–H groups in total. The third-order valence-electron chi connectivity index (χ3n) is 6.72. The molecule has 3 atom stereocenters.